The maximum atomic E-state index is 12.7. The zero-order valence-corrected chi connectivity index (χ0v) is 13.3. The minimum atomic E-state index is 0.0105. The summed E-state index contributed by atoms with van der Waals surface area (Å²) in [5.41, 5.74) is 5.21. The van der Waals surface area contributed by atoms with Gasteiger partial charge in [-0.1, -0.05) is 48.5 Å². The monoisotopic (exact) mass is 314 g/mol. The summed E-state index contributed by atoms with van der Waals surface area (Å²) in [6.07, 6.45) is 3.66. The van der Waals surface area contributed by atoms with Crippen LogP contribution in [-0.4, -0.2) is 9.55 Å². The normalized spacial score (nSPS) is 11.0. The van der Waals surface area contributed by atoms with Crippen LogP contribution in [0.4, 0.5) is 0 Å². The Bertz CT molecular complexity index is 1010. The van der Waals surface area contributed by atoms with Crippen LogP contribution in [0.25, 0.3) is 16.7 Å². The van der Waals surface area contributed by atoms with Crippen molar-refractivity contribution in [3.05, 3.63) is 100 Å². The number of hydrogen-bond donors (Lipinski definition) is 1. The van der Waals surface area contributed by atoms with E-state index in [1.807, 2.05) is 60.8 Å². The fourth-order valence-electron chi connectivity index (χ4n) is 3.17. The highest BCUT2D eigenvalue weighted by Gasteiger charge is 2.11. The fourth-order valence-corrected chi connectivity index (χ4v) is 3.17. The van der Waals surface area contributed by atoms with Crippen molar-refractivity contribution in [1.82, 2.24) is 9.55 Å². The number of nitrogens with one attached hydrogen (secondary N) is 1. The van der Waals surface area contributed by atoms with Gasteiger partial charge in [-0.3, -0.25) is 9.36 Å². The summed E-state index contributed by atoms with van der Waals surface area (Å²) in [5.74, 6) is 0. The highest BCUT2D eigenvalue weighted by Crippen LogP contribution is 2.20. The maximum absolute atomic E-state index is 12.7. The van der Waals surface area contributed by atoms with Gasteiger partial charge in [0.15, 0.2) is 0 Å². The standard InChI is InChI=1S/C21H18N2O/c24-20-15-17(12-11-16-7-3-1-4-8-16)21-19(13-14-22-21)23(20)18-9-5-2-6-10-18/h1-10,13-15,22H,11-12H2. The topological polar surface area (TPSA) is 37.8 Å². The molecule has 0 saturated heterocycles. The van der Waals surface area contributed by atoms with Crippen LogP contribution in [-0.2, 0) is 12.8 Å². The van der Waals surface area contributed by atoms with Crippen molar-refractivity contribution in [3.63, 3.8) is 0 Å². The molecule has 0 aliphatic rings. The van der Waals surface area contributed by atoms with Crippen LogP contribution in [0.2, 0.25) is 0 Å². The SMILES string of the molecule is O=c1cc(CCc2ccccc2)c2[nH]ccc2n1-c1ccccc1. The summed E-state index contributed by atoms with van der Waals surface area (Å²) in [4.78, 5) is 16.0. The second kappa shape index (κ2) is 6.20. The zero-order valence-electron chi connectivity index (χ0n) is 13.3. The second-order valence-electron chi connectivity index (χ2n) is 5.90. The third-order valence-electron chi connectivity index (χ3n) is 4.35. The summed E-state index contributed by atoms with van der Waals surface area (Å²) in [6, 6.07) is 23.9. The molecule has 0 bridgehead atoms. The molecule has 0 amide bonds. The van der Waals surface area contributed by atoms with E-state index in [9.17, 15) is 4.79 Å². The minimum absolute atomic E-state index is 0.0105. The first-order valence-electron chi connectivity index (χ1n) is 8.14. The Morgan fingerprint density at radius 3 is 2.29 bits per heavy atom. The molecule has 4 aromatic rings. The number of pyridine rings is 1. The predicted octanol–water partition coefficient (Wildman–Crippen LogP) is 4.10. The molecule has 0 fully saturated rings. The van der Waals surface area contributed by atoms with E-state index in [1.54, 1.807) is 10.6 Å². The summed E-state index contributed by atoms with van der Waals surface area (Å²) in [5, 5.41) is 0. The van der Waals surface area contributed by atoms with Gasteiger partial charge in [0, 0.05) is 18.0 Å². The number of aromatic nitrogens is 2. The third kappa shape index (κ3) is 2.65. The van der Waals surface area contributed by atoms with E-state index >= 15 is 0 Å². The summed E-state index contributed by atoms with van der Waals surface area (Å²) in [7, 11) is 0. The van der Waals surface area contributed by atoms with E-state index in [2.05, 4.69) is 17.1 Å². The van der Waals surface area contributed by atoms with Crippen molar-refractivity contribution in [2.45, 2.75) is 12.8 Å². The second-order valence-corrected chi connectivity index (χ2v) is 5.90. The van der Waals surface area contributed by atoms with E-state index in [1.165, 1.54) is 5.56 Å². The number of hydrogen-bond acceptors (Lipinski definition) is 1. The molecule has 0 unspecified atom stereocenters. The van der Waals surface area contributed by atoms with Crippen molar-refractivity contribution >= 4 is 11.0 Å². The van der Waals surface area contributed by atoms with Gasteiger partial charge in [-0.2, -0.15) is 0 Å². The van der Waals surface area contributed by atoms with Crippen LogP contribution >= 0.6 is 0 Å². The number of aromatic amines is 1. The molecule has 1 N–H and O–H groups in total. The van der Waals surface area contributed by atoms with Gasteiger partial charge < -0.3 is 4.98 Å². The molecule has 118 valence electrons. The Kier molecular flexibility index (Phi) is 3.75. The average Bonchev–Trinajstić information content (AvgIpc) is 3.11. The minimum Gasteiger partial charge on any atom is -0.360 e. The van der Waals surface area contributed by atoms with Gasteiger partial charge in [-0.25, -0.2) is 0 Å². The van der Waals surface area contributed by atoms with Gasteiger partial charge in [0.1, 0.15) is 0 Å². The number of H-pyrrole nitrogens is 1. The lowest BCUT2D eigenvalue weighted by molar-refractivity contribution is 0.946. The Hall–Kier alpha value is -3.07. The predicted molar refractivity (Wildman–Crippen MR) is 97.7 cm³/mol. The number of rotatable bonds is 4. The number of nitrogens with zero attached hydrogens (tertiary/aromatic N) is 1. The lowest BCUT2D eigenvalue weighted by Crippen LogP contribution is -2.18. The van der Waals surface area contributed by atoms with Crippen LogP contribution in [0.3, 0.4) is 0 Å². The van der Waals surface area contributed by atoms with Crippen molar-refractivity contribution in [1.29, 1.82) is 0 Å². The van der Waals surface area contributed by atoms with Crippen molar-refractivity contribution in [2.24, 2.45) is 0 Å². The van der Waals surface area contributed by atoms with Crippen LogP contribution < -0.4 is 5.56 Å². The van der Waals surface area contributed by atoms with Gasteiger partial charge in [0.05, 0.1) is 11.0 Å². The number of para-hydroxylation sites is 1. The van der Waals surface area contributed by atoms with Gasteiger partial charge in [0.2, 0.25) is 0 Å². The molecule has 0 atom stereocenters. The Morgan fingerprint density at radius 2 is 1.54 bits per heavy atom. The first-order chi connectivity index (χ1) is 11.8. The molecule has 0 aliphatic heterocycles. The third-order valence-corrected chi connectivity index (χ3v) is 4.35. The van der Waals surface area contributed by atoms with Crippen LogP contribution in [0.15, 0.2) is 83.8 Å². The molecular formula is C21H18N2O. The molecule has 4 rings (SSSR count). The average molecular weight is 314 g/mol. The molecule has 3 nitrogen and oxygen atoms in total. The van der Waals surface area contributed by atoms with Gasteiger partial charge in [-0.15, -0.1) is 0 Å². The van der Waals surface area contributed by atoms with Crippen molar-refractivity contribution in [3.8, 4) is 5.69 Å². The van der Waals surface area contributed by atoms with E-state index in [0.717, 1.165) is 35.1 Å². The van der Waals surface area contributed by atoms with Crippen LogP contribution in [0.5, 0.6) is 0 Å². The Balaban J connectivity index is 1.77. The van der Waals surface area contributed by atoms with Gasteiger partial charge >= 0.3 is 0 Å². The molecule has 2 aromatic carbocycles. The molecular weight excluding hydrogens is 296 g/mol. The smallest absolute Gasteiger partial charge is 0.255 e. The molecule has 0 saturated carbocycles. The molecule has 3 heteroatoms. The van der Waals surface area contributed by atoms with Gasteiger partial charge in [0.25, 0.3) is 5.56 Å². The molecule has 2 aromatic heterocycles. The molecule has 24 heavy (non-hydrogen) atoms. The molecule has 0 aliphatic carbocycles. The van der Waals surface area contributed by atoms with E-state index in [0.29, 0.717) is 0 Å². The van der Waals surface area contributed by atoms with Crippen molar-refractivity contribution < 1.29 is 0 Å². The first-order valence-corrected chi connectivity index (χ1v) is 8.14. The lowest BCUT2D eigenvalue weighted by Gasteiger charge is -2.11. The quantitative estimate of drug-likeness (QED) is 0.605. The molecule has 2 heterocycles. The maximum Gasteiger partial charge on any atom is 0.255 e. The number of fused-ring (bicyclic) bond motifs is 1. The van der Waals surface area contributed by atoms with Gasteiger partial charge in [-0.05, 0) is 42.2 Å². The fraction of sp³-hybridized carbons (Fsp3) is 0.0952. The molecule has 0 spiro atoms. The summed E-state index contributed by atoms with van der Waals surface area (Å²) >= 11 is 0. The lowest BCUT2D eigenvalue weighted by atomic mass is 10.0. The van der Waals surface area contributed by atoms with E-state index in [-0.39, 0.29) is 5.56 Å². The van der Waals surface area contributed by atoms with Crippen LogP contribution in [0, 0.1) is 0 Å². The number of benzene rings is 2. The highest BCUT2D eigenvalue weighted by molar-refractivity contribution is 5.80. The Morgan fingerprint density at radius 1 is 0.833 bits per heavy atom. The highest BCUT2D eigenvalue weighted by atomic mass is 16.1. The first kappa shape index (κ1) is 14.5. The number of aryl methyl sites for hydroxylation is 2. The molecule has 0 radical (unpaired) electrons. The van der Waals surface area contributed by atoms with E-state index in [4.69, 9.17) is 0 Å². The van der Waals surface area contributed by atoms with Crippen LogP contribution in [0.1, 0.15) is 11.1 Å². The summed E-state index contributed by atoms with van der Waals surface area (Å²) < 4.78 is 1.76. The summed E-state index contributed by atoms with van der Waals surface area (Å²) in [6.45, 7) is 0. The largest absolute Gasteiger partial charge is 0.360 e. The Labute approximate surface area is 140 Å². The van der Waals surface area contributed by atoms with Crippen molar-refractivity contribution in [2.75, 3.05) is 0 Å². The van der Waals surface area contributed by atoms with E-state index < -0.39 is 0 Å². The zero-order chi connectivity index (χ0) is 16.4.